The van der Waals surface area contributed by atoms with Gasteiger partial charge in [0.15, 0.2) is 10.9 Å². The van der Waals surface area contributed by atoms with Crippen LogP contribution in [0.3, 0.4) is 0 Å². The highest BCUT2D eigenvalue weighted by Gasteiger charge is 2.21. The van der Waals surface area contributed by atoms with Crippen LogP contribution in [0.25, 0.3) is 0 Å². The van der Waals surface area contributed by atoms with E-state index < -0.39 is 23.4 Å². The maximum atomic E-state index is 12.3. The van der Waals surface area contributed by atoms with Crippen LogP contribution in [0.15, 0.2) is 38.9 Å². The number of hydrogen-bond acceptors (Lipinski definition) is 12. The Bertz CT molecular complexity index is 1180. The minimum Gasteiger partial charge on any atom is -0.481 e. The van der Waals surface area contributed by atoms with Crippen LogP contribution in [0.4, 0.5) is 11.6 Å². The van der Waals surface area contributed by atoms with Crippen LogP contribution in [-0.2, 0) is 9.53 Å². The van der Waals surface area contributed by atoms with Crippen molar-refractivity contribution in [2.75, 3.05) is 26.1 Å². The van der Waals surface area contributed by atoms with Crippen molar-refractivity contribution in [3.8, 4) is 11.8 Å². The van der Waals surface area contributed by atoms with Gasteiger partial charge in [0.2, 0.25) is 17.7 Å². The average molecular weight is 492 g/mol. The molecular weight excluding hydrogens is 474 g/mol. The first-order chi connectivity index (χ1) is 15.8. The lowest BCUT2D eigenvalue weighted by Crippen LogP contribution is -2.22. The fourth-order valence-corrected chi connectivity index (χ4v) is 4.27. The van der Waals surface area contributed by atoms with Crippen molar-refractivity contribution in [1.82, 2.24) is 15.0 Å². The van der Waals surface area contributed by atoms with E-state index in [1.807, 2.05) is 12.3 Å². The quantitative estimate of drug-likeness (QED) is 0.266. The smallest absolute Gasteiger partial charge is 0.338 e. The van der Waals surface area contributed by atoms with E-state index in [1.165, 1.54) is 43.8 Å². The number of methoxy groups -OCH3 is 2. The summed E-state index contributed by atoms with van der Waals surface area (Å²) in [5, 5.41) is 15.7. The molecule has 3 rings (SSSR count). The topological polar surface area (TPSA) is 156 Å². The number of carbonyl (C=O) groups is 2. The number of esters is 1. The van der Waals surface area contributed by atoms with E-state index in [0.29, 0.717) is 9.24 Å². The van der Waals surface area contributed by atoms with Crippen LogP contribution in [0.1, 0.15) is 16.1 Å². The normalized spacial score (nSPS) is 10.4. The van der Waals surface area contributed by atoms with Gasteiger partial charge in [-0.05, 0) is 19.1 Å². The lowest BCUT2D eigenvalue weighted by Gasteiger charge is -2.08. The van der Waals surface area contributed by atoms with E-state index in [9.17, 15) is 19.7 Å². The zero-order valence-corrected chi connectivity index (χ0v) is 19.2. The maximum Gasteiger partial charge on any atom is 0.338 e. The first kappa shape index (κ1) is 23.9. The average Bonchev–Trinajstić information content (AvgIpc) is 3.21. The molecule has 0 radical (unpaired) electrons. The molecular formula is C19H17N5O7S2. The largest absolute Gasteiger partial charge is 0.481 e. The Morgan fingerprint density at radius 3 is 2.42 bits per heavy atom. The Hall–Kier alpha value is -3.78. The molecule has 172 valence electrons. The molecule has 3 aromatic rings. The minimum absolute atomic E-state index is 0.0755. The van der Waals surface area contributed by atoms with Gasteiger partial charge in [-0.2, -0.15) is 9.97 Å². The highest BCUT2D eigenvalue weighted by atomic mass is 32.2. The number of nitrogens with one attached hydrogen (secondary N) is 1. The summed E-state index contributed by atoms with van der Waals surface area (Å²) in [7, 11) is 2.77. The van der Waals surface area contributed by atoms with Crippen LogP contribution in [0, 0.1) is 17.0 Å². The molecule has 0 bridgehead atoms. The lowest BCUT2D eigenvalue weighted by molar-refractivity contribution is -0.387. The molecule has 1 amide bonds. The number of aromatic nitrogens is 3. The lowest BCUT2D eigenvalue weighted by atomic mass is 10.2. The van der Waals surface area contributed by atoms with E-state index in [0.717, 1.165) is 23.5 Å². The van der Waals surface area contributed by atoms with E-state index in [4.69, 9.17) is 14.2 Å². The molecule has 0 aliphatic carbocycles. The molecule has 0 saturated carbocycles. The SMILES string of the molecule is COc1cc(OC)nc(NC(=O)COC(=O)c2ccc(Sc3nc(C)cs3)c([N+](=O)[O-])c2)n1. The van der Waals surface area contributed by atoms with E-state index in [1.54, 1.807) is 0 Å². The first-order valence-electron chi connectivity index (χ1n) is 9.11. The second-order valence-corrected chi connectivity index (χ2v) is 8.34. The summed E-state index contributed by atoms with van der Waals surface area (Å²) < 4.78 is 15.6. The van der Waals surface area contributed by atoms with Gasteiger partial charge in [-0.15, -0.1) is 11.3 Å². The number of amides is 1. The molecule has 0 atom stereocenters. The molecule has 0 saturated heterocycles. The van der Waals surface area contributed by atoms with Gasteiger partial charge >= 0.3 is 5.97 Å². The summed E-state index contributed by atoms with van der Waals surface area (Å²) in [6, 6.07) is 5.33. The fourth-order valence-electron chi connectivity index (χ4n) is 2.39. The molecule has 1 N–H and O–H groups in total. The second kappa shape index (κ2) is 10.7. The van der Waals surface area contributed by atoms with Crippen molar-refractivity contribution in [3.05, 3.63) is 51.0 Å². The summed E-state index contributed by atoms with van der Waals surface area (Å²) in [5.41, 5.74) is 0.457. The van der Waals surface area contributed by atoms with Gasteiger partial charge in [0.1, 0.15) is 0 Å². The summed E-state index contributed by atoms with van der Waals surface area (Å²) in [4.78, 5) is 47.8. The predicted molar refractivity (Wildman–Crippen MR) is 118 cm³/mol. The predicted octanol–water partition coefficient (Wildman–Crippen LogP) is 3.11. The highest BCUT2D eigenvalue weighted by Crippen LogP contribution is 2.36. The van der Waals surface area contributed by atoms with Gasteiger partial charge in [-0.25, -0.2) is 9.78 Å². The molecule has 12 nitrogen and oxygen atoms in total. The number of ether oxygens (including phenoxy) is 3. The molecule has 0 aliphatic heterocycles. The number of carbonyl (C=O) groups excluding carboxylic acids is 2. The summed E-state index contributed by atoms with van der Waals surface area (Å²) in [5.74, 6) is -1.42. The molecule has 0 spiro atoms. The third-order valence-electron chi connectivity index (χ3n) is 3.87. The molecule has 0 unspecified atom stereocenters. The van der Waals surface area contributed by atoms with Crippen LogP contribution < -0.4 is 14.8 Å². The number of nitro benzene ring substituents is 1. The highest BCUT2D eigenvalue weighted by molar-refractivity contribution is 8.01. The van der Waals surface area contributed by atoms with Gasteiger partial charge in [0, 0.05) is 17.1 Å². The van der Waals surface area contributed by atoms with Crippen LogP contribution in [0.2, 0.25) is 0 Å². The zero-order valence-electron chi connectivity index (χ0n) is 17.6. The number of rotatable bonds is 9. The van der Waals surface area contributed by atoms with Crippen molar-refractivity contribution in [2.24, 2.45) is 0 Å². The van der Waals surface area contributed by atoms with Crippen LogP contribution in [0.5, 0.6) is 11.8 Å². The standard InChI is InChI=1S/C19H17N5O7S2/c1-10-9-32-19(20-10)33-13-5-4-11(6-12(13)24(27)28)17(26)31-8-14(25)21-18-22-15(29-2)7-16(23-18)30-3/h4-7,9H,8H2,1-3H3,(H,21,22,23,25). The Morgan fingerprint density at radius 2 is 1.85 bits per heavy atom. The van der Waals surface area contributed by atoms with Crippen molar-refractivity contribution in [1.29, 1.82) is 0 Å². The molecule has 0 aliphatic rings. The zero-order chi connectivity index (χ0) is 24.0. The number of benzene rings is 1. The molecule has 2 heterocycles. The third kappa shape index (κ3) is 6.36. The van der Waals surface area contributed by atoms with E-state index >= 15 is 0 Å². The van der Waals surface area contributed by atoms with Crippen molar-refractivity contribution in [2.45, 2.75) is 16.2 Å². The minimum atomic E-state index is -0.904. The maximum absolute atomic E-state index is 12.3. The first-order valence-corrected chi connectivity index (χ1v) is 10.8. The molecule has 33 heavy (non-hydrogen) atoms. The van der Waals surface area contributed by atoms with Gasteiger partial charge in [-0.3, -0.25) is 20.2 Å². The molecule has 14 heteroatoms. The molecule has 0 fully saturated rings. The van der Waals surface area contributed by atoms with Gasteiger partial charge in [-0.1, -0.05) is 11.8 Å². The van der Waals surface area contributed by atoms with Crippen LogP contribution >= 0.6 is 23.1 Å². The van der Waals surface area contributed by atoms with Gasteiger partial charge in [0.25, 0.3) is 11.6 Å². The van der Waals surface area contributed by atoms with Crippen molar-refractivity contribution >= 4 is 46.6 Å². The summed E-state index contributed by atoms with van der Waals surface area (Å²) >= 11 is 2.48. The Morgan fingerprint density at radius 1 is 1.15 bits per heavy atom. The van der Waals surface area contributed by atoms with Gasteiger partial charge < -0.3 is 14.2 Å². The number of hydrogen-bond donors (Lipinski definition) is 1. The van der Waals surface area contributed by atoms with Crippen molar-refractivity contribution < 1.29 is 28.7 Å². The van der Waals surface area contributed by atoms with Gasteiger partial charge in [0.05, 0.1) is 35.7 Å². The van der Waals surface area contributed by atoms with E-state index in [-0.39, 0.29) is 29.0 Å². The van der Waals surface area contributed by atoms with Crippen molar-refractivity contribution in [3.63, 3.8) is 0 Å². The number of nitro groups is 1. The number of aryl methyl sites for hydroxylation is 1. The number of thiazole rings is 1. The summed E-state index contributed by atoms with van der Waals surface area (Å²) in [6.07, 6.45) is 0. The summed E-state index contributed by atoms with van der Waals surface area (Å²) in [6.45, 7) is 1.16. The Kier molecular flexibility index (Phi) is 7.74. The number of anilines is 1. The van der Waals surface area contributed by atoms with Crippen LogP contribution in [-0.4, -0.2) is 52.6 Å². The Balaban J connectivity index is 1.65. The third-order valence-corrected chi connectivity index (χ3v) is 5.99. The monoisotopic (exact) mass is 491 g/mol. The Labute approximate surface area is 195 Å². The number of nitrogens with zero attached hydrogens (tertiary/aromatic N) is 4. The molecule has 1 aromatic carbocycles. The molecule has 2 aromatic heterocycles. The fraction of sp³-hybridized carbons (Fsp3) is 0.211. The van der Waals surface area contributed by atoms with E-state index in [2.05, 4.69) is 20.3 Å². The second-order valence-electron chi connectivity index (χ2n) is 6.20.